The molecule has 1 aliphatic heterocycles. The molecule has 1 saturated heterocycles. The van der Waals surface area contributed by atoms with Crippen molar-refractivity contribution in [3.05, 3.63) is 119 Å². The molecule has 5 aromatic rings. The van der Waals surface area contributed by atoms with Gasteiger partial charge in [-0.25, -0.2) is 19.4 Å². The molecule has 0 amide bonds. The third kappa shape index (κ3) is 5.72. The van der Waals surface area contributed by atoms with Gasteiger partial charge in [-0.1, -0.05) is 66.2 Å². The molecule has 0 saturated carbocycles. The molecule has 4 atom stereocenters. The summed E-state index contributed by atoms with van der Waals surface area (Å²) >= 11 is 6.29. The summed E-state index contributed by atoms with van der Waals surface area (Å²) in [6.45, 7) is -0.451. The van der Waals surface area contributed by atoms with Gasteiger partial charge < -0.3 is 24.7 Å². The second-order valence-electron chi connectivity index (χ2n) is 10.1. The number of carbonyl (C=O) groups is 3. The lowest BCUT2D eigenvalue weighted by Crippen LogP contribution is -2.51. The van der Waals surface area contributed by atoms with Crippen LogP contribution in [0.25, 0.3) is 11.2 Å². The Balaban J connectivity index is 1.46. The first-order valence-corrected chi connectivity index (χ1v) is 14.2. The van der Waals surface area contributed by atoms with E-state index in [0.29, 0.717) is 0 Å². The van der Waals surface area contributed by atoms with Gasteiger partial charge in [-0.2, -0.15) is 9.97 Å². The molecule has 1 aliphatic rings. The Morgan fingerprint density at radius 2 is 1.46 bits per heavy atom. The van der Waals surface area contributed by atoms with Crippen molar-refractivity contribution < 1.29 is 33.3 Å². The molecule has 0 bridgehead atoms. The standard InChI is InChI=1S/C33H24ClN5O7/c1-2-33(46-30(42)22-16-10-5-11-17-22)25(45-29(41)21-14-8-4-9-15-21)23(18-43-28(40)20-12-6-3-7-13-20)44-31(33)39-19-36-24-26(34)37-32(35)38-27(24)39/h1,3-17,19,23,25,31H,18H2,(H2,35,37,38)/t23-,25-,31+,33-/m1/s1. The number of nitrogens with two attached hydrogens (primary N) is 1. The molecule has 0 radical (unpaired) electrons. The Morgan fingerprint density at radius 3 is 2.04 bits per heavy atom. The van der Waals surface area contributed by atoms with Crippen molar-refractivity contribution in [2.45, 2.75) is 24.0 Å². The van der Waals surface area contributed by atoms with Crippen molar-refractivity contribution in [1.29, 1.82) is 0 Å². The number of nitrogen functional groups attached to an aromatic ring is 1. The summed E-state index contributed by atoms with van der Waals surface area (Å²) in [6.07, 6.45) is 3.28. The average molecular weight is 638 g/mol. The molecule has 2 N–H and O–H groups in total. The zero-order valence-corrected chi connectivity index (χ0v) is 24.6. The van der Waals surface area contributed by atoms with Gasteiger partial charge in [0, 0.05) is 0 Å². The molecule has 3 aromatic carbocycles. The van der Waals surface area contributed by atoms with Gasteiger partial charge in [0.25, 0.3) is 5.60 Å². The molecule has 46 heavy (non-hydrogen) atoms. The number of ether oxygens (including phenoxy) is 4. The number of halogens is 1. The maximum atomic E-state index is 13.6. The highest BCUT2D eigenvalue weighted by Gasteiger charge is 2.63. The Morgan fingerprint density at radius 1 is 0.891 bits per heavy atom. The van der Waals surface area contributed by atoms with Crippen LogP contribution in [0.2, 0.25) is 5.15 Å². The molecule has 2 aromatic heterocycles. The molecule has 6 rings (SSSR count). The number of aromatic nitrogens is 4. The van der Waals surface area contributed by atoms with Gasteiger partial charge in [0.15, 0.2) is 23.1 Å². The van der Waals surface area contributed by atoms with Gasteiger partial charge >= 0.3 is 17.9 Å². The minimum Gasteiger partial charge on any atom is -0.459 e. The monoisotopic (exact) mass is 637 g/mol. The van der Waals surface area contributed by atoms with E-state index in [4.69, 9.17) is 42.7 Å². The van der Waals surface area contributed by atoms with Crippen LogP contribution in [-0.2, 0) is 18.9 Å². The predicted molar refractivity (Wildman–Crippen MR) is 164 cm³/mol. The molecule has 13 heteroatoms. The lowest BCUT2D eigenvalue weighted by Gasteiger charge is -2.33. The fourth-order valence-electron chi connectivity index (χ4n) is 5.04. The molecule has 1 fully saturated rings. The fraction of sp³-hybridized carbons (Fsp3) is 0.152. The van der Waals surface area contributed by atoms with Crippen LogP contribution in [0.1, 0.15) is 37.3 Å². The summed E-state index contributed by atoms with van der Waals surface area (Å²) in [5, 5.41) is -0.0489. The first-order valence-electron chi connectivity index (χ1n) is 13.9. The zero-order chi connectivity index (χ0) is 32.3. The summed E-state index contributed by atoms with van der Waals surface area (Å²) in [6, 6.07) is 24.4. The number of terminal acetylenes is 1. The Hall–Kier alpha value is -5.77. The number of hydrogen-bond donors (Lipinski definition) is 1. The maximum absolute atomic E-state index is 13.6. The van der Waals surface area contributed by atoms with E-state index in [-0.39, 0.29) is 39.0 Å². The molecule has 230 valence electrons. The lowest BCUT2D eigenvalue weighted by atomic mass is 9.93. The summed E-state index contributed by atoms with van der Waals surface area (Å²) in [5.74, 6) is 0.0386. The second-order valence-corrected chi connectivity index (χ2v) is 10.4. The Bertz CT molecular complexity index is 1950. The van der Waals surface area contributed by atoms with E-state index in [0.717, 1.165) is 0 Å². The van der Waals surface area contributed by atoms with Crippen molar-refractivity contribution in [2.75, 3.05) is 12.3 Å². The van der Waals surface area contributed by atoms with Crippen LogP contribution in [0.5, 0.6) is 0 Å². The number of rotatable bonds is 8. The third-order valence-corrected chi connectivity index (χ3v) is 7.47. The number of hydrogen-bond acceptors (Lipinski definition) is 11. The number of carbonyl (C=O) groups excluding carboxylic acids is 3. The number of esters is 3. The fourth-order valence-corrected chi connectivity index (χ4v) is 5.26. The summed E-state index contributed by atoms with van der Waals surface area (Å²) < 4.78 is 25.4. The van der Waals surface area contributed by atoms with Gasteiger partial charge in [0.2, 0.25) is 5.95 Å². The van der Waals surface area contributed by atoms with Crippen LogP contribution in [-0.4, -0.2) is 61.8 Å². The SMILES string of the molecule is C#C[C@@]1(OC(=O)c2ccccc2)[C@H](OC(=O)c2ccccc2)[C@@H](COC(=O)c2ccccc2)O[C@@H]1n1cnc2c(Cl)nc(N)nc21. The molecular weight excluding hydrogens is 614 g/mol. The smallest absolute Gasteiger partial charge is 0.339 e. The highest BCUT2D eigenvalue weighted by atomic mass is 35.5. The predicted octanol–water partition coefficient (Wildman–Crippen LogP) is 4.27. The van der Waals surface area contributed by atoms with Gasteiger partial charge in [-0.15, -0.1) is 6.42 Å². The van der Waals surface area contributed by atoms with Crippen molar-refractivity contribution in [3.63, 3.8) is 0 Å². The summed E-state index contributed by atoms with van der Waals surface area (Å²) in [4.78, 5) is 52.5. The average Bonchev–Trinajstić information content (AvgIpc) is 3.63. The van der Waals surface area contributed by atoms with E-state index in [1.165, 1.54) is 23.0 Å². The van der Waals surface area contributed by atoms with E-state index in [1.54, 1.807) is 78.9 Å². The van der Waals surface area contributed by atoms with Crippen molar-refractivity contribution in [3.8, 4) is 12.3 Å². The first kappa shape index (κ1) is 30.3. The molecule has 0 aliphatic carbocycles. The number of fused-ring (bicyclic) bond motifs is 1. The topological polar surface area (TPSA) is 158 Å². The van der Waals surface area contributed by atoms with Crippen molar-refractivity contribution >= 4 is 46.6 Å². The van der Waals surface area contributed by atoms with Gasteiger partial charge in [0.05, 0.1) is 23.0 Å². The lowest BCUT2D eigenvalue weighted by molar-refractivity contribution is -0.0865. The number of anilines is 1. The van der Waals surface area contributed by atoms with Crippen LogP contribution < -0.4 is 5.73 Å². The van der Waals surface area contributed by atoms with Crippen LogP contribution in [0.3, 0.4) is 0 Å². The minimum atomic E-state index is -2.17. The number of imidazole rings is 1. The van der Waals surface area contributed by atoms with E-state index in [9.17, 15) is 14.4 Å². The molecule has 3 heterocycles. The summed E-state index contributed by atoms with van der Waals surface area (Å²) in [7, 11) is 0. The Labute approximate surface area is 267 Å². The van der Waals surface area contributed by atoms with Crippen molar-refractivity contribution in [2.24, 2.45) is 0 Å². The van der Waals surface area contributed by atoms with Crippen molar-refractivity contribution in [1.82, 2.24) is 19.5 Å². The largest absolute Gasteiger partial charge is 0.459 e. The van der Waals surface area contributed by atoms with Gasteiger partial charge in [0.1, 0.15) is 18.2 Å². The van der Waals surface area contributed by atoms with Crippen LogP contribution in [0.15, 0.2) is 97.3 Å². The second kappa shape index (κ2) is 12.7. The van der Waals surface area contributed by atoms with E-state index >= 15 is 0 Å². The number of nitrogens with zero attached hydrogens (tertiary/aromatic N) is 4. The van der Waals surface area contributed by atoms with E-state index in [2.05, 4.69) is 20.9 Å². The highest BCUT2D eigenvalue weighted by Crippen LogP contribution is 2.45. The minimum absolute atomic E-state index is 0.0489. The molecule has 12 nitrogen and oxygen atoms in total. The van der Waals surface area contributed by atoms with E-state index < -0.39 is 48.6 Å². The van der Waals surface area contributed by atoms with Crippen LogP contribution in [0, 0.1) is 12.3 Å². The van der Waals surface area contributed by atoms with Gasteiger partial charge in [-0.05, 0) is 42.3 Å². The number of benzene rings is 3. The molecule has 0 unspecified atom stereocenters. The summed E-state index contributed by atoms with van der Waals surface area (Å²) in [5.41, 5.74) is 4.58. The van der Waals surface area contributed by atoms with E-state index in [1.807, 2.05) is 0 Å². The molecular formula is C33H24ClN5O7. The maximum Gasteiger partial charge on any atom is 0.339 e. The first-order chi connectivity index (χ1) is 22.3. The highest BCUT2D eigenvalue weighted by molar-refractivity contribution is 6.33. The Kier molecular flexibility index (Phi) is 8.35. The molecule has 0 spiro atoms. The van der Waals surface area contributed by atoms with Crippen LogP contribution in [0.4, 0.5) is 5.95 Å². The normalized spacial score (nSPS) is 20.5. The third-order valence-electron chi connectivity index (χ3n) is 7.21. The van der Waals surface area contributed by atoms with Gasteiger partial charge in [-0.3, -0.25) is 4.57 Å². The quantitative estimate of drug-likeness (QED) is 0.112. The zero-order valence-electron chi connectivity index (χ0n) is 23.9. The van der Waals surface area contributed by atoms with Crippen LogP contribution >= 0.6 is 11.6 Å².